The Morgan fingerprint density at radius 3 is 2.88 bits per heavy atom. The van der Waals surface area contributed by atoms with Crippen LogP contribution in [0.15, 0.2) is 5.11 Å². The lowest BCUT2D eigenvalue weighted by Gasteiger charge is -2.28. The summed E-state index contributed by atoms with van der Waals surface area (Å²) in [5, 5.41) is 8.85. The average molecular weight is 237 g/mol. The molecule has 0 bridgehead atoms. The normalized spacial score (nSPS) is 17.4. The highest BCUT2D eigenvalue weighted by Gasteiger charge is 2.18. The third-order valence-electron chi connectivity index (χ3n) is 2.64. The van der Waals surface area contributed by atoms with E-state index in [0.29, 0.717) is 6.61 Å². The second kappa shape index (κ2) is 8.85. The minimum atomic E-state index is 0.133. The lowest BCUT2D eigenvalue weighted by atomic mass is 10.1. The zero-order chi connectivity index (χ0) is 12.3. The first-order chi connectivity index (χ1) is 8.36. The summed E-state index contributed by atoms with van der Waals surface area (Å²) in [6, 6.07) is 0.133. The van der Waals surface area contributed by atoms with Crippen molar-refractivity contribution in [2.45, 2.75) is 25.3 Å². The fourth-order valence-corrected chi connectivity index (χ4v) is 1.69. The highest BCUT2D eigenvalue weighted by molar-refractivity contribution is 4.83. The van der Waals surface area contributed by atoms with Gasteiger partial charge in [0.2, 0.25) is 0 Å². The Morgan fingerprint density at radius 1 is 1.47 bits per heavy atom. The average Bonchev–Trinajstić information content (AvgIpc) is 2.36. The third kappa shape index (κ3) is 6.15. The van der Waals surface area contributed by atoms with Crippen molar-refractivity contribution in [1.29, 1.82) is 0 Å². The van der Waals surface area contributed by atoms with E-state index in [2.05, 4.69) is 21.3 Å². The third-order valence-corrected chi connectivity index (χ3v) is 2.64. The second-order valence-corrected chi connectivity index (χ2v) is 3.90. The number of piperidine rings is 1. The van der Waals surface area contributed by atoms with Crippen LogP contribution < -0.4 is 5.32 Å². The van der Waals surface area contributed by atoms with E-state index in [1.54, 1.807) is 0 Å². The summed E-state index contributed by atoms with van der Waals surface area (Å²) in [7, 11) is 0. The van der Waals surface area contributed by atoms with Gasteiger partial charge in [0, 0.05) is 43.6 Å². The molecule has 0 unspecified atom stereocenters. The Hall–Kier alpha value is -1.25. The van der Waals surface area contributed by atoms with E-state index < -0.39 is 0 Å². The maximum atomic E-state index is 8.32. The minimum absolute atomic E-state index is 0.133. The summed E-state index contributed by atoms with van der Waals surface area (Å²) < 4.78 is 0. The summed E-state index contributed by atoms with van der Waals surface area (Å²) in [4.78, 5) is 8.40. The second-order valence-electron chi connectivity index (χ2n) is 3.90. The zero-order valence-electron chi connectivity index (χ0n) is 10.0. The molecule has 0 aromatic heterocycles. The van der Waals surface area contributed by atoms with Crippen molar-refractivity contribution >= 4 is 0 Å². The Balaban J connectivity index is 1.99. The predicted octanol–water partition coefficient (Wildman–Crippen LogP) is 1.31. The van der Waals surface area contributed by atoms with Gasteiger partial charge in [-0.1, -0.05) is 5.11 Å². The lowest BCUT2D eigenvalue weighted by molar-refractivity contribution is -0.168. The molecule has 0 saturated carbocycles. The molecule has 0 atom stereocenters. The molecule has 1 N–H and O–H groups in total. The van der Waals surface area contributed by atoms with Crippen molar-refractivity contribution in [2.75, 3.05) is 32.8 Å². The molecule has 0 spiro atoms. The van der Waals surface area contributed by atoms with Gasteiger partial charge in [-0.25, -0.2) is 0 Å². The summed E-state index contributed by atoms with van der Waals surface area (Å²) in [5.41, 5.74) is 8.32. The van der Waals surface area contributed by atoms with Gasteiger partial charge in [0.1, 0.15) is 0 Å². The molecule has 0 aliphatic carbocycles. The molecule has 6 nitrogen and oxygen atoms in total. The van der Waals surface area contributed by atoms with E-state index in [4.69, 9.17) is 16.8 Å². The van der Waals surface area contributed by atoms with E-state index in [9.17, 15) is 0 Å². The van der Waals surface area contributed by atoms with Crippen LogP contribution in [0.2, 0.25) is 0 Å². The van der Waals surface area contributed by atoms with E-state index in [0.717, 1.165) is 45.4 Å². The van der Waals surface area contributed by atoms with Crippen LogP contribution in [-0.4, -0.2) is 43.9 Å². The van der Waals surface area contributed by atoms with Crippen LogP contribution in [0.4, 0.5) is 0 Å². The standard InChI is InChI=1S/C11H19N5O/c1-2-3-6-13-7-10-17-16-8-4-11(5-9-16)14-15-12/h1,11,13H,3-10H2. The van der Waals surface area contributed by atoms with Gasteiger partial charge in [-0.2, -0.15) is 5.06 Å². The summed E-state index contributed by atoms with van der Waals surface area (Å²) in [6.07, 6.45) is 7.62. The van der Waals surface area contributed by atoms with Gasteiger partial charge in [-0.05, 0) is 18.4 Å². The fourth-order valence-electron chi connectivity index (χ4n) is 1.69. The quantitative estimate of drug-likeness (QED) is 0.238. The maximum absolute atomic E-state index is 8.32. The van der Waals surface area contributed by atoms with Crippen LogP contribution in [0.5, 0.6) is 0 Å². The highest BCUT2D eigenvalue weighted by atomic mass is 16.7. The molecule has 0 amide bonds. The van der Waals surface area contributed by atoms with Crippen LogP contribution >= 0.6 is 0 Å². The van der Waals surface area contributed by atoms with Crippen molar-refractivity contribution in [3.05, 3.63) is 10.4 Å². The number of terminal acetylenes is 1. The molecule has 1 aliphatic rings. The van der Waals surface area contributed by atoms with Crippen LogP contribution in [0.1, 0.15) is 19.3 Å². The molecule has 1 heterocycles. The van der Waals surface area contributed by atoms with E-state index in [-0.39, 0.29) is 6.04 Å². The Bertz CT molecular complexity index is 287. The number of hydroxylamine groups is 2. The number of hydrogen-bond donors (Lipinski definition) is 1. The Morgan fingerprint density at radius 2 is 2.24 bits per heavy atom. The molecular weight excluding hydrogens is 218 g/mol. The largest absolute Gasteiger partial charge is 0.313 e. The fraction of sp³-hybridized carbons (Fsp3) is 0.818. The molecule has 0 aromatic carbocycles. The van der Waals surface area contributed by atoms with Crippen LogP contribution in [0.25, 0.3) is 10.4 Å². The molecule has 6 heteroatoms. The molecule has 0 aromatic rings. The van der Waals surface area contributed by atoms with E-state index in [1.165, 1.54) is 0 Å². The molecule has 1 rings (SSSR count). The minimum Gasteiger partial charge on any atom is -0.313 e. The molecule has 0 radical (unpaired) electrons. The van der Waals surface area contributed by atoms with Crippen molar-refractivity contribution in [3.8, 4) is 12.3 Å². The van der Waals surface area contributed by atoms with Crippen LogP contribution in [0.3, 0.4) is 0 Å². The first kappa shape index (κ1) is 13.8. The van der Waals surface area contributed by atoms with Gasteiger partial charge in [-0.15, -0.1) is 12.3 Å². The van der Waals surface area contributed by atoms with E-state index >= 15 is 0 Å². The van der Waals surface area contributed by atoms with Gasteiger partial charge in [0.05, 0.1) is 6.61 Å². The number of nitrogens with zero attached hydrogens (tertiary/aromatic N) is 4. The van der Waals surface area contributed by atoms with Crippen molar-refractivity contribution in [2.24, 2.45) is 5.11 Å². The first-order valence-electron chi connectivity index (χ1n) is 5.93. The monoisotopic (exact) mass is 237 g/mol. The lowest BCUT2D eigenvalue weighted by Crippen LogP contribution is -2.36. The number of azide groups is 1. The van der Waals surface area contributed by atoms with Crippen LogP contribution in [0, 0.1) is 12.3 Å². The molecule has 1 aliphatic heterocycles. The van der Waals surface area contributed by atoms with Gasteiger partial charge < -0.3 is 5.32 Å². The van der Waals surface area contributed by atoms with Gasteiger partial charge in [-0.3, -0.25) is 4.84 Å². The maximum Gasteiger partial charge on any atom is 0.0809 e. The summed E-state index contributed by atoms with van der Waals surface area (Å²) in [5.74, 6) is 2.57. The molecular formula is C11H19N5O. The molecule has 1 fully saturated rings. The van der Waals surface area contributed by atoms with Crippen molar-refractivity contribution < 1.29 is 4.84 Å². The van der Waals surface area contributed by atoms with Crippen molar-refractivity contribution in [1.82, 2.24) is 10.4 Å². The Labute approximate surface area is 102 Å². The summed E-state index contributed by atoms with van der Waals surface area (Å²) in [6.45, 7) is 3.94. The number of nitrogens with one attached hydrogen (secondary N) is 1. The highest BCUT2D eigenvalue weighted by Crippen LogP contribution is 2.13. The summed E-state index contributed by atoms with van der Waals surface area (Å²) >= 11 is 0. The number of hydrogen-bond acceptors (Lipinski definition) is 4. The molecule has 1 saturated heterocycles. The van der Waals surface area contributed by atoms with Crippen LogP contribution in [-0.2, 0) is 4.84 Å². The Kier molecular flexibility index (Phi) is 7.19. The number of rotatable bonds is 7. The zero-order valence-corrected chi connectivity index (χ0v) is 10.0. The molecule has 17 heavy (non-hydrogen) atoms. The SMILES string of the molecule is C#CCCNCCON1CCC(N=[N+]=[N-])CC1. The van der Waals surface area contributed by atoms with Gasteiger partial charge >= 0.3 is 0 Å². The van der Waals surface area contributed by atoms with E-state index in [1.807, 2.05) is 5.06 Å². The predicted molar refractivity (Wildman–Crippen MR) is 66.0 cm³/mol. The topological polar surface area (TPSA) is 73.3 Å². The first-order valence-corrected chi connectivity index (χ1v) is 5.93. The van der Waals surface area contributed by atoms with Crippen molar-refractivity contribution in [3.63, 3.8) is 0 Å². The smallest absolute Gasteiger partial charge is 0.0809 e. The van der Waals surface area contributed by atoms with Gasteiger partial charge in [0.25, 0.3) is 0 Å². The van der Waals surface area contributed by atoms with Gasteiger partial charge in [0.15, 0.2) is 0 Å². The molecule has 94 valence electrons.